The summed E-state index contributed by atoms with van der Waals surface area (Å²) in [5, 5.41) is 3.09. The van der Waals surface area contributed by atoms with Crippen LogP contribution in [0.4, 0.5) is 0 Å². The molecule has 2 amide bonds. The van der Waals surface area contributed by atoms with E-state index < -0.39 is 0 Å². The number of amides is 2. The summed E-state index contributed by atoms with van der Waals surface area (Å²) in [7, 11) is 4.04. The van der Waals surface area contributed by atoms with Crippen LogP contribution in [0.5, 0.6) is 0 Å². The van der Waals surface area contributed by atoms with E-state index in [0.29, 0.717) is 18.9 Å². The van der Waals surface area contributed by atoms with E-state index in [4.69, 9.17) is 0 Å². The third kappa shape index (κ3) is 4.97. The Morgan fingerprint density at radius 2 is 1.81 bits per heavy atom. The predicted molar refractivity (Wildman–Crippen MR) is 124 cm³/mol. The molecule has 2 aliphatic carbocycles. The molecule has 170 valence electrons. The van der Waals surface area contributed by atoms with Gasteiger partial charge in [-0.2, -0.15) is 0 Å². The van der Waals surface area contributed by atoms with Gasteiger partial charge in [0.15, 0.2) is 0 Å². The van der Waals surface area contributed by atoms with Gasteiger partial charge >= 0.3 is 0 Å². The molecule has 1 unspecified atom stereocenters. The smallest absolute Gasteiger partial charge is 0.225 e. The number of fused-ring (bicyclic) bond motifs is 2. The summed E-state index contributed by atoms with van der Waals surface area (Å²) >= 11 is 0. The maximum absolute atomic E-state index is 13.0. The molecule has 1 N–H and O–H groups in total. The molecule has 0 radical (unpaired) electrons. The van der Waals surface area contributed by atoms with Crippen LogP contribution >= 0.6 is 0 Å². The molecular formula is C26H39N3O2. The molecule has 5 nitrogen and oxygen atoms in total. The molecule has 1 saturated carbocycles. The second-order valence-corrected chi connectivity index (χ2v) is 10.3. The highest BCUT2D eigenvalue weighted by atomic mass is 16.2. The zero-order valence-electron chi connectivity index (χ0n) is 19.4. The lowest BCUT2D eigenvalue weighted by Gasteiger charge is -2.42. The Morgan fingerprint density at radius 1 is 1.10 bits per heavy atom. The summed E-state index contributed by atoms with van der Waals surface area (Å²) in [5.41, 5.74) is 2.93. The minimum absolute atomic E-state index is 0.133. The van der Waals surface area contributed by atoms with Crippen molar-refractivity contribution in [3.05, 3.63) is 35.4 Å². The van der Waals surface area contributed by atoms with Gasteiger partial charge in [0.25, 0.3) is 0 Å². The summed E-state index contributed by atoms with van der Waals surface area (Å²) in [6.07, 6.45) is 9.52. The van der Waals surface area contributed by atoms with Gasteiger partial charge in [-0.05, 0) is 68.7 Å². The fourth-order valence-corrected chi connectivity index (χ4v) is 6.16. The Labute approximate surface area is 187 Å². The van der Waals surface area contributed by atoms with Gasteiger partial charge in [-0.15, -0.1) is 0 Å². The summed E-state index contributed by atoms with van der Waals surface area (Å²) in [5.74, 6) is 1.11. The van der Waals surface area contributed by atoms with Crippen molar-refractivity contribution in [2.45, 2.75) is 69.1 Å². The van der Waals surface area contributed by atoms with E-state index in [2.05, 4.69) is 39.4 Å². The van der Waals surface area contributed by atoms with Crippen LogP contribution in [0, 0.1) is 5.92 Å². The molecular weight excluding hydrogens is 386 g/mol. The third-order valence-electron chi connectivity index (χ3n) is 7.91. The van der Waals surface area contributed by atoms with Crippen LogP contribution in [0.1, 0.15) is 74.8 Å². The maximum atomic E-state index is 13.0. The molecule has 2 fully saturated rings. The lowest BCUT2D eigenvalue weighted by molar-refractivity contribution is -0.138. The van der Waals surface area contributed by atoms with Gasteiger partial charge in [0.2, 0.25) is 11.8 Å². The summed E-state index contributed by atoms with van der Waals surface area (Å²) < 4.78 is 0. The number of hydrogen-bond acceptors (Lipinski definition) is 3. The Morgan fingerprint density at radius 3 is 2.52 bits per heavy atom. The first-order chi connectivity index (χ1) is 15.0. The number of likely N-dealkylation sites (tertiary alicyclic amines) is 1. The van der Waals surface area contributed by atoms with E-state index in [1.54, 1.807) is 0 Å². The Balaban J connectivity index is 1.39. The van der Waals surface area contributed by atoms with Crippen molar-refractivity contribution in [2.24, 2.45) is 5.92 Å². The summed E-state index contributed by atoms with van der Waals surface area (Å²) in [6, 6.07) is 8.75. The van der Waals surface area contributed by atoms with Crippen molar-refractivity contribution in [3.8, 4) is 0 Å². The SMILES string of the molecule is CN(C)CCNC(=O)CC1CC2(CCN(C(=O)C3CCCCC3)CC2)c2ccccc21. The maximum Gasteiger partial charge on any atom is 0.225 e. The van der Waals surface area contributed by atoms with Crippen LogP contribution in [0.3, 0.4) is 0 Å². The number of hydrogen-bond donors (Lipinski definition) is 1. The molecule has 3 aliphatic rings. The topological polar surface area (TPSA) is 52.7 Å². The zero-order chi connectivity index (χ0) is 21.8. The number of nitrogens with zero attached hydrogens (tertiary/aromatic N) is 2. The van der Waals surface area contributed by atoms with Gasteiger partial charge in [0.05, 0.1) is 0 Å². The van der Waals surface area contributed by atoms with E-state index in [0.717, 1.165) is 51.7 Å². The van der Waals surface area contributed by atoms with Crippen LogP contribution in [-0.4, -0.2) is 61.9 Å². The highest BCUT2D eigenvalue weighted by Crippen LogP contribution is 2.52. The number of piperidine rings is 1. The Bertz CT molecular complexity index is 777. The van der Waals surface area contributed by atoms with Crippen molar-refractivity contribution in [2.75, 3.05) is 40.3 Å². The highest BCUT2D eigenvalue weighted by molar-refractivity contribution is 5.79. The van der Waals surface area contributed by atoms with E-state index in [-0.39, 0.29) is 23.2 Å². The first-order valence-corrected chi connectivity index (χ1v) is 12.3. The predicted octanol–water partition coefficient (Wildman–Crippen LogP) is 3.68. The number of benzene rings is 1. The highest BCUT2D eigenvalue weighted by Gasteiger charge is 2.46. The third-order valence-corrected chi connectivity index (χ3v) is 7.91. The van der Waals surface area contributed by atoms with Crippen molar-refractivity contribution < 1.29 is 9.59 Å². The van der Waals surface area contributed by atoms with Crippen LogP contribution in [0.2, 0.25) is 0 Å². The average molecular weight is 426 g/mol. The molecule has 1 atom stereocenters. The molecule has 1 spiro atoms. The van der Waals surface area contributed by atoms with Crippen LogP contribution in [0.25, 0.3) is 0 Å². The van der Waals surface area contributed by atoms with Gasteiger partial charge in [0.1, 0.15) is 0 Å². The minimum atomic E-state index is 0.133. The number of nitrogens with one attached hydrogen (secondary N) is 1. The number of rotatable bonds is 6. The second kappa shape index (κ2) is 9.72. The van der Waals surface area contributed by atoms with E-state index in [1.807, 2.05) is 14.1 Å². The van der Waals surface area contributed by atoms with Crippen LogP contribution in [0.15, 0.2) is 24.3 Å². The van der Waals surface area contributed by atoms with Crippen molar-refractivity contribution >= 4 is 11.8 Å². The largest absolute Gasteiger partial charge is 0.355 e. The summed E-state index contributed by atoms with van der Waals surface area (Å²) in [6.45, 7) is 3.29. The Hall–Kier alpha value is -1.88. The molecule has 0 aromatic heterocycles. The van der Waals surface area contributed by atoms with E-state index in [9.17, 15) is 9.59 Å². The minimum Gasteiger partial charge on any atom is -0.355 e. The lowest BCUT2D eigenvalue weighted by Crippen LogP contribution is -2.46. The second-order valence-electron chi connectivity index (χ2n) is 10.3. The fourth-order valence-electron chi connectivity index (χ4n) is 6.16. The van der Waals surface area contributed by atoms with Gasteiger partial charge in [0, 0.05) is 38.5 Å². The van der Waals surface area contributed by atoms with Gasteiger partial charge < -0.3 is 15.1 Å². The molecule has 1 aliphatic heterocycles. The van der Waals surface area contributed by atoms with E-state index in [1.165, 1.54) is 30.4 Å². The van der Waals surface area contributed by atoms with Crippen molar-refractivity contribution in [1.29, 1.82) is 0 Å². The number of likely N-dealkylation sites (N-methyl/N-ethyl adjacent to an activating group) is 1. The number of carbonyl (C=O) groups excluding carboxylic acids is 2. The van der Waals surface area contributed by atoms with Gasteiger partial charge in [-0.3, -0.25) is 9.59 Å². The molecule has 1 saturated heterocycles. The van der Waals surface area contributed by atoms with Crippen LogP contribution in [-0.2, 0) is 15.0 Å². The molecule has 1 aromatic rings. The lowest BCUT2D eigenvalue weighted by atomic mass is 9.73. The fraction of sp³-hybridized carbons (Fsp3) is 0.692. The first-order valence-electron chi connectivity index (χ1n) is 12.3. The van der Waals surface area contributed by atoms with E-state index >= 15 is 0 Å². The quantitative estimate of drug-likeness (QED) is 0.756. The standard InChI is InChI=1S/C26H39N3O2/c1-28(2)17-14-27-24(30)18-21-19-26(23-11-7-6-10-22(21)23)12-15-29(16-13-26)25(31)20-8-4-3-5-9-20/h6-7,10-11,20-21H,3-5,8-9,12-19H2,1-2H3,(H,27,30). The Kier molecular flexibility index (Phi) is 7.00. The summed E-state index contributed by atoms with van der Waals surface area (Å²) in [4.78, 5) is 29.9. The van der Waals surface area contributed by atoms with Gasteiger partial charge in [-0.25, -0.2) is 0 Å². The average Bonchev–Trinajstić information content (AvgIpc) is 3.07. The molecule has 4 rings (SSSR count). The number of carbonyl (C=O) groups is 2. The molecule has 5 heteroatoms. The molecule has 31 heavy (non-hydrogen) atoms. The molecule has 0 bridgehead atoms. The first kappa shape index (κ1) is 22.3. The molecule has 1 heterocycles. The van der Waals surface area contributed by atoms with Crippen molar-refractivity contribution in [1.82, 2.24) is 15.1 Å². The van der Waals surface area contributed by atoms with Gasteiger partial charge in [-0.1, -0.05) is 43.5 Å². The zero-order valence-corrected chi connectivity index (χ0v) is 19.4. The van der Waals surface area contributed by atoms with Crippen LogP contribution < -0.4 is 5.32 Å². The monoisotopic (exact) mass is 425 g/mol. The van der Waals surface area contributed by atoms with Crippen molar-refractivity contribution in [3.63, 3.8) is 0 Å². The molecule has 1 aromatic carbocycles. The normalized spacial score (nSPS) is 23.2.